The number of rotatable bonds is 11. The van der Waals surface area contributed by atoms with Gasteiger partial charge < -0.3 is 40.4 Å². The zero-order valence-electron chi connectivity index (χ0n) is 22.7. The van der Waals surface area contributed by atoms with E-state index in [9.17, 15) is 19.4 Å². The van der Waals surface area contributed by atoms with Gasteiger partial charge in [-0.05, 0) is 16.4 Å². The first-order valence-corrected chi connectivity index (χ1v) is 17.8. The Hall–Kier alpha value is -2.96. The lowest BCUT2D eigenvalue weighted by atomic mass is 9.87. The molecule has 0 spiro atoms. The molecule has 3 aliphatic rings. The van der Waals surface area contributed by atoms with Gasteiger partial charge in [0.2, 0.25) is 5.95 Å². The van der Waals surface area contributed by atoms with E-state index in [4.69, 9.17) is 51.9 Å². The van der Waals surface area contributed by atoms with Crippen LogP contribution in [0.3, 0.4) is 0 Å². The van der Waals surface area contributed by atoms with Crippen LogP contribution in [0, 0.1) is 5.53 Å². The topological polar surface area (TPSA) is 297 Å². The molecule has 0 aliphatic carbocycles. The Balaban J connectivity index is 1.22. The number of aromatic nitrogens is 7. The van der Waals surface area contributed by atoms with Crippen molar-refractivity contribution in [1.29, 1.82) is 5.53 Å². The highest BCUT2D eigenvalue weighted by molar-refractivity contribution is 8.39. The van der Waals surface area contributed by atoms with E-state index in [-0.39, 0.29) is 28.7 Å². The van der Waals surface area contributed by atoms with Crippen LogP contribution >= 0.6 is 26.2 Å². The summed E-state index contributed by atoms with van der Waals surface area (Å²) < 4.78 is 71.7. The summed E-state index contributed by atoms with van der Waals surface area (Å²) >= 11 is 8.83. The Morgan fingerprint density at radius 1 is 1.35 bits per heavy atom. The first-order valence-electron chi connectivity index (χ1n) is 12.9. The Labute approximate surface area is 265 Å². The maximum Gasteiger partial charge on any atom is 0.582 e. The number of nitrogens with zero attached hydrogens (tertiary/aromatic N) is 8. The van der Waals surface area contributed by atoms with Crippen LogP contribution in [-0.2, 0) is 39.4 Å². The maximum absolute atomic E-state index is 15.7. The summed E-state index contributed by atoms with van der Waals surface area (Å²) in [4.78, 5) is 38.4. The van der Waals surface area contributed by atoms with Gasteiger partial charge in [0, 0.05) is 0 Å². The molecule has 0 aromatic carbocycles. The van der Waals surface area contributed by atoms with Crippen LogP contribution in [0.25, 0.3) is 11.2 Å². The van der Waals surface area contributed by atoms with Crippen molar-refractivity contribution in [3.8, 4) is 0 Å². The molecule has 0 radical (unpaired) electrons. The number of ether oxygens (including phenoxy) is 2. The van der Waals surface area contributed by atoms with Gasteiger partial charge in [-0.15, -0.1) is 14.7 Å². The normalized spacial score (nSPS) is 32.2. The van der Waals surface area contributed by atoms with E-state index >= 15 is 8.78 Å². The number of aromatic amines is 1. The molecule has 248 valence electrons. The molecule has 10 atom stereocenters. The molecule has 0 bridgehead atoms. The van der Waals surface area contributed by atoms with Crippen molar-refractivity contribution >= 4 is 72.4 Å². The summed E-state index contributed by atoms with van der Waals surface area (Å²) in [6.45, 7) is -6.48. The first kappa shape index (κ1) is 33.0. The van der Waals surface area contributed by atoms with Gasteiger partial charge in [0.1, 0.15) is 30.8 Å². The predicted octanol–water partition coefficient (Wildman–Crippen LogP) is -0.0963. The summed E-state index contributed by atoms with van der Waals surface area (Å²) in [7, 11) is -2.67. The molecule has 3 aliphatic heterocycles. The second-order valence-electron chi connectivity index (χ2n) is 10.1. The van der Waals surface area contributed by atoms with Crippen molar-refractivity contribution in [1.82, 2.24) is 34.9 Å². The summed E-state index contributed by atoms with van der Waals surface area (Å²) in [6, 6.07) is 0. The number of nitrogens with two attached hydrogens (primary N) is 2. The third-order valence-electron chi connectivity index (χ3n) is 7.37. The number of thiol groups is 1. The lowest BCUT2D eigenvalue weighted by molar-refractivity contribution is -0.102. The molecule has 6 rings (SSSR count). The van der Waals surface area contributed by atoms with Crippen LogP contribution in [0.1, 0.15) is 6.23 Å². The highest BCUT2D eigenvalue weighted by Crippen LogP contribution is 2.58. The molecule has 21 nitrogen and oxygen atoms in total. The number of halogens is 2. The zero-order valence-corrected chi connectivity index (χ0v) is 26.2. The highest BCUT2D eigenvalue weighted by Gasteiger charge is 2.70. The smallest absolute Gasteiger partial charge is 0.394 e. The van der Waals surface area contributed by atoms with Crippen LogP contribution in [0.2, 0.25) is 0 Å². The summed E-state index contributed by atoms with van der Waals surface area (Å²) in [5.41, 5.74) is 15.4. The molecule has 3 aromatic rings. The van der Waals surface area contributed by atoms with E-state index in [1.165, 1.54) is 4.90 Å². The molecular formula is C19H23F2N12O9P2S2+. The second kappa shape index (κ2) is 12.2. The van der Waals surface area contributed by atoms with Crippen molar-refractivity contribution in [2.45, 2.75) is 48.7 Å². The van der Waals surface area contributed by atoms with E-state index in [0.717, 1.165) is 11.0 Å². The molecular weight excluding hydrogens is 704 g/mol. The molecule has 6 heterocycles. The van der Waals surface area contributed by atoms with Gasteiger partial charge in [-0.25, -0.2) is 24.3 Å². The van der Waals surface area contributed by atoms with E-state index in [1.807, 2.05) is 0 Å². The van der Waals surface area contributed by atoms with Crippen molar-refractivity contribution < 1.29 is 46.4 Å². The van der Waals surface area contributed by atoms with Gasteiger partial charge in [0.25, 0.3) is 5.56 Å². The van der Waals surface area contributed by atoms with Crippen molar-refractivity contribution in [2.75, 3.05) is 36.1 Å². The number of nitrogen functional groups attached to an aromatic ring is 2. The fraction of sp³-hybridized carbons (Fsp3) is 0.579. The molecule has 46 heavy (non-hydrogen) atoms. The Morgan fingerprint density at radius 2 is 2.11 bits per heavy atom. The monoisotopic (exact) mass is 727 g/mol. The maximum atomic E-state index is 15.7. The minimum Gasteiger partial charge on any atom is -0.394 e. The SMILES string of the molecule is N=Nc1c(N2C[C@]3(OP(O)(=S)OC[C@H]4O[C@@H](n5nnc6c(N)ncnc65)[C@@H](F)[C@@H]4O[P+](=O)S)[C@@H](F)[C@@H](CO)O[C@@H]23)nc(N)[nH]c1=O. The standard InChI is InChI=1S/C19H22F2N12O9P2S2/c20-7-10(41-43(36)45)6(39-16(7)33-13-8(30-31-33)12(22)25-4-26-13)2-38-44(37,46)42-19-3-32(17(19)40-5(1-34)11(19)21)14-9(29-24)15(35)28-18(23)27-14/h4-7,10-11,16-17,34H,1-3H2,(H7-,22,23,24,25,26,27,28,31,35,36,37,45,46)/p+1/t5-,6-,7+,10-,11+,16-,17-,19+,44?/m1/s1. The van der Waals surface area contributed by atoms with Crippen molar-refractivity contribution in [3.63, 3.8) is 0 Å². The molecule has 27 heteroatoms. The number of aliphatic hydroxyl groups is 1. The number of hydrogen-bond acceptors (Lipinski definition) is 19. The van der Waals surface area contributed by atoms with E-state index < -0.39 is 93.7 Å². The third-order valence-corrected chi connectivity index (χ3v) is 9.66. The Morgan fingerprint density at radius 3 is 2.80 bits per heavy atom. The number of aliphatic hydroxyl groups excluding tert-OH is 1. The van der Waals surface area contributed by atoms with Gasteiger partial charge in [0.15, 0.2) is 65.0 Å². The largest absolute Gasteiger partial charge is 0.582 e. The minimum absolute atomic E-state index is 0.0118. The fourth-order valence-electron chi connectivity index (χ4n) is 5.38. The quantitative estimate of drug-likeness (QED) is 0.0771. The number of alkyl halides is 2. The van der Waals surface area contributed by atoms with E-state index in [1.54, 1.807) is 0 Å². The molecule has 2 unspecified atom stereocenters. The lowest BCUT2D eigenvalue weighted by Gasteiger charge is -2.52. The average molecular weight is 728 g/mol. The minimum atomic E-state index is -4.47. The summed E-state index contributed by atoms with van der Waals surface area (Å²) in [6.07, 6.45) is -10.5. The number of hydrogen-bond donors (Lipinski definition) is 7. The predicted molar refractivity (Wildman–Crippen MR) is 156 cm³/mol. The Bertz CT molecular complexity index is 1810. The second-order valence-corrected chi connectivity index (χ2v) is 14.5. The van der Waals surface area contributed by atoms with E-state index in [2.05, 4.69) is 47.6 Å². The number of anilines is 3. The van der Waals surface area contributed by atoms with Gasteiger partial charge in [-0.3, -0.25) is 14.3 Å². The Kier molecular flexibility index (Phi) is 8.77. The number of fused-ring (bicyclic) bond motifs is 2. The van der Waals surface area contributed by atoms with Gasteiger partial charge in [-0.1, -0.05) is 5.21 Å². The van der Waals surface area contributed by atoms with Gasteiger partial charge >= 0.3 is 13.9 Å². The molecule has 3 fully saturated rings. The molecule has 8 N–H and O–H groups in total. The number of H-pyrrole nitrogens is 1. The summed E-state index contributed by atoms with van der Waals surface area (Å²) in [5.74, 6) is -0.632. The third kappa shape index (κ3) is 5.53. The van der Waals surface area contributed by atoms with Crippen molar-refractivity contribution in [2.24, 2.45) is 5.11 Å². The van der Waals surface area contributed by atoms with Gasteiger partial charge in [0.05, 0.1) is 19.8 Å². The van der Waals surface area contributed by atoms with Gasteiger partial charge in [-0.2, -0.15) is 9.67 Å². The lowest BCUT2D eigenvalue weighted by Crippen LogP contribution is -2.72. The average Bonchev–Trinajstić information content (AvgIpc) is 3.60. The van der Waals surface area contributed by atoms with Crippen LogP contribution < -0.4 is 21.9 Å². The fourth-order valence-corrected chi connectivity index (χ4v) is 7.83. The summed E-state index contributed by atoms with van der Waals surface area (Å²) in [5, 5.41) is 20.5. The van der Waals surface area contributed by atoms with Crippen LogP contribution in [0.15, 0.2) is 16.2 Å². The van der Waals surface area contributed by atoms with Crippen LogP contribution in [-0.4, -0.2) is 107 Å². The molecule has 0 amide bonds. The number of nitrogens with one attached hydrogen (secondary N) is 2. The van der Waals surface area contributed by atoms with E-state index in [0.29, 0.717) is 0 Å². The van der Waals surface area contributed by atoms with Crippen LogP contribution in [0.5, 0.6) is 0 Å². The molecule has 3 aromatic heterocycles. The first-order chi connectivity index (χ1) is 21.8. The van der Waals surface area contributed by atoms with Crippen LogP contribution in [0.4, 0.5) is 32.1 Å². The highest BCUT2D eigenvalue weighted by atomic mass is 32.7. The zero-order chi connectivity index (χ0) is 33.1. The molecule has 0 saturated carbocycles. The molecule has 3 saturated heterocycles. The van der Waals surface area contributed by atoms with Crippen molar-refractivity contribution in [3.05, 3.63) is 16.7 Å².